The smallest absolute Gasteiger partial charge is 0.379 e. The molecule has 2 aliphatic rings. The Morgan fingerprint density at radius 3 is 2.44 bits per heavy atom. The van der Waals surface area contributed by atoms with Crippen LogP contribution in [-0.4, -0.2) is 113 Å². The molecule has 2 amide bonds. The van der Waals surface area contributed by atoms with E-state index in [4.69, 9.17) is 4.74 Å². The lowest BCUT2D eigenvalue weighted by molar-refractivity contribution is -0.138. The lowest BCUT2D eigenvalue weighted by Crippen LogP contribution is -2.55. The van der Waals surface area contributed by atoms with Crippen molar-refractivity contribution in [2.45, 2.75) is 52.4 Å². The van der Waals surface area contributed by atoms with Gasteiger partial charge in [-0.05, 0) is 59.3 Å². The number of nitrogens with zero attached hydrogens (tertiary/aromatic N) is 6. The van der Waals surface area contributed by atoms with Gasteiger partial charge in [-0.1, -0.05) is 5.21 Å². The second-order valence-electron chi connectivity index (χ2n) is 12.5. The lowest BCUT2D eigenvalue weighted by atomic mass is 10.0. The normalized spacial score (nSPS) is 19.4. The number of piperazine rings is 1. The van der Waals surface area contributed by atoms with Gasteiger partial charge in [0.2, 0.25) is 5.56 Å². The van der Waals surface area contributed by atoms with Crippen molar-refractivity contribution in [2.75, 3.05) is 69.7 Å². The first-order valence-corrected chi connectivity index (χ1v) is 16.0. The molecule has 16 heteroatoms. The summed E-state index contributed by atoms with van der Waals surface area (Å²) in [5, 5.41) is 13.9. The Balaban J connectivity index is 1.45. The number of likely N-dealkylation sites (N-methyl/N-ethyl adjacent to an activating group) is 1. The summed E-state index contributed by atoms with van der Waals surface area (Å²) in [6, 6.07) is 2.53. The Morgan fingerprint density at radius 1 is 1.08 bits per heavy atom. The second kappa shape index (κ2) is 14.5. The van der Waals surface area contributed by atoms with E-state index in [-0.39, 0.29) is 29.4 Å². The number of pyridine rings is 1. The highest BCUT2D eigenvalue weighted by molar-refractivity contribution is 6.08. The van der Waals surface area contributed by atoms with Gasteiger partial charge in [0, 0.05) is 62.6 Å². The van der Waals surface area contributed by atoms with E-state index in [9.17, 15) is 27.6 Å². The number of carbonyl (C=O) groups excluding carboxylic acids is 2. The minimum atomic E-state index is -4.93. The number of anilines is 2. The highest BCUT2D eigenvalue weighted by Crippen LogP contribution is 2.38. The first-order chi connectivity index (χ1) is 22.7. The highest BCUT2D eigenvalue weighted by atomic mass is 19.4. The van der Waals surface area contributed by atoms with Crippen LogP contribution in [0, 0.1) is 13.8 Å². The molecule has 4 heterocycles. The lowest BCUT2D eigenvalue weighted by Gasteiger charge is -2.44. The van der Waals surface area contributed by atoms with E-state index in [1.807, 2.05) is 20.0 Å². The van der Waals surface area contributed by atoms with E-state index in [2.05, 4.69) is 54.5 Å². The number of ether oxygens (including phenoxy) is 1. The number of carbonyl (C=O) groups is 2. The van der Waals surface area contributed by atoms with Gasteiger partial charge in [0.15, 0.2) is 5.69 Å². The van der Waals surface area contributed by atoms with E-state index in [0.717, 1.165) is 37.8 Å². The third-order valence-electron chi connectivity index (χ3n) is 9.12. The van der Waals surface area contributed by atoms with Crippen LogP contribution in [0.5, 0.6) is 0 Å². The van der Waals surface area contributed by atoms with Crippen LogP contribution in [0.2, 0.25) is 0 Å². The molecule has 0 unspecified atom stereocenters. The summed E-state index contributed by atoms with van der Waals surface area (Å²) < 4.78 is 48.5. The Bertz CT molecular complexity index is 1690. The van der Waals surface area contributed by atoms with Gasteiger partial charge < -0.3 is 25.3 Å². The molecule has 260 valence electrons. The Morgan fingerprint density at radius 2 is 1.77 bits per heavy atom. The third kappa shape index (κ3) is 7.71. The molecule has 0 radical (unpaired) electrons. The zero-order valence-electron chi connectivity index (χ0n) is 27.8. The number of amides is 2. The molecule has 0 bridgehead atoms. The zero-order chi connectivity index (χ0) is 34.7. The first kappa shape index (κ1) is 35.0. The van der Waals surface area contributed by atoms with Gasteiger partial charge in [-0.2, -0.15) is 13.2 Å². The summed E-state index contributed by atoms with van der Waals surface area (Å²) in [7, 11) is 2.03. The van der Waals surface area contributed by atoms with Crippen LogP contribution < -0.4 is 21.1 Å². The average molecular weight is 674 g/mol. The zero-order valence-corrected chi connectivity index (χ0v) is 27.8. The molecule has 3 aromatic rings. The Hall–Kier alpha value is -4.28. The van der Waals surface area contributed by atoms with Crippen molar-refractivity contribution in [3.8, 4) is 5.69 Å². The SMILES string of the molecule is Cc1cc(N2C[C@@H](C)N(C)[C@@H](C)C2)c(NC(=O)c2c[nH]c(=O)cc2C(F)(F)F)c(C)c1-n1cc(C(=O)NCCCN2CCOCC2)nn1. The van der Waals surface area contributed by atoms with E-state index in [1.165, 1.54) is 10.9 Å². The molecule has 3 N–H and O–H groups in total. The second-order valence-corrected chi connectivity index (χ2v) is 12.5. The van der Waals surface area contributed by atoms with Crippen molar-refractivity contribution in [1.29, 1.82) is 0 Å². The van der Waals surface area contributed by atoms with Crippen molar-refractivity contribution in [1.82, 2.24) is 35.1 Å². The van der Waals surface area contributed by atoms with Crippen molar-refractivity contribution in [3.63, 3.8) is 0 Å². The van der Waals surface area contributed by atoms with E-state index >= 15 is 0 Å². The van der Waals surface area contributed by atoms with Crippen LogP contribution in [0.4, 0.5) is 24.5 Å². The molecule has 1 aromatic carbocycles. The highest BCUT2D eigenvalue weighted by Gasteiger charge is 2.37. The number of H-pyrrole nitrogens is 1. The van der Waals surface area contributed by atoms with Gasteiger partial charge in [-0.15, -0.1) is 5.10 Å². The number of benzene rings is 1. The summed E-state index contributed by atoms with van der Waals surface area (Å²) in [6.07, 6.45) is -1.91. The molecule has 2 saturated heterocycles. The van der Waals surface area contributed by atoms with Crippen LogP contribution in [0.3, 0.4) is 0 Å². The molecule has 0 aliphatic carbocycles. The van der Waals surface area contributed by atoms with Gasteiger partial charge >= 0.3 is 6.18 Å². The number of aryl methyl sites for hydroxylation is 1. The monoisotopic (exact) mass is 673 g/mol. The molecular formula is C32H42F3N9O4. The predicted molar refractivity (Wildman–Crippen MR) is 174 cm³/mol. The fraction of sp³-hybridized carbons (Fsp3) is 0.531. The van der Waals surface area contributed by atoms with Crippen LogP contribution in [-0.2, 0) is 10.9 Å². The number of halogens is 3. The number of nitrogens with one attached hydrogen (secondary N) is 3. The van der Waals surface area contributed by atoms with Crippen LogP contribution in [0.15, 0.2) is 29.3 Å². The maximum atomic E-state index is 13.9. The van der Waals surface area contributed by atoms with E-state index in [0.29, 0.717) is 55.9 Å². The minimum absolute atomic E-state index is 0.0969. The topological polar surface area (TPSA) is 141 Å². The third-order valence-corrected chi connectivity index (χ3v) is 9.12. The molecule has 2 fully saturated rings. The maximum absolute atomic E-state index is 13.9. The minimum Gasteiger partial charge on any atom is -0.379 e. The fourth-order valence-corrected chi connectivity index (χ4v) is 6.28. The van der Waals surface area contributed by atoms with Crippen LogP contribution in [0.1, 0.15) is 57.8 Å². The van der Waals surface area contributed by atoms with Gasteiger partial charge in [0.1, 0.15) is 0 Å². The van der Waals surface area contributed by atoms with Gasteiger partial charge in [-0.25, -0.2) is 4.68 Å². The van der Waals surface area contributed by atoms with E-state index in [1.54, 1.807) is 6.92 Å². The summed E-state index contributed by atoms with van der Waals surface area (Å²) in [5.74, 6) is -1.43. The van der Waals surface area contributed by atoms with Crippen LogP contribution in [0.25, 0.3) is 5.69 Å². The molecule has 2 aromatic heterocycles. The fourth-order valence-electron chi connectivity index (χ4n) is 6.28. The van der Waals surface area contributed by atoms with Gasteiger partial charge in [-0.3, -0.25) is 24.2 Å². The molecule has 2 aliphatic heterocycles. The molecule has 0 saturated carbocycles. The predicted octanol–water partition coefficient (Wildman–Crippen LogP) is 2.82. The largest absolute Gasteiger partial charge is 0.417 e. The van der Waals surface area contributed by atoms with Crippen molar-refractivity contribution in [3.05, 3.63) is 62.8 Å². The first-order valence-electron chi connectivity index (χ1n) is 16.0. The number of alkyl halides is 3. The van der Waals surface area contributed by atoms with Crippen LogP contribution >= 0.6 is 0 Å². The standard InChI is InChI=1S/C32H42F3N9O4/c1-19-13-26(43-16-20(2)41(5)21(3)17-43)28(38-30(46)23-15-37-27(45)14-24(23)32(33,34)35)22(4)29(19)44-18-25(39-40-44)31(47)36-7-6-8-42-9-11-48-12-10-42/h13-15,18,20-21H,6-12,16-17H2,1-5H3,(H,36,47)(H,37,45)(H,38,46)/t20-,21+. The number of morpholine rings is 1. The number of hydrogen-bond acceptors (Lipinski definition) is 9. The number of hydrogen-bond donors (Lipinski definition) is 3. The Kier molecular flexibility index (Phi) is 10.6. The number of aromatic nitrogens is 4. The molecule has 5 rings (SSSR count). The van der Waals surface area contributed by atoms with Gasteiger partial charge in [0.05, 0.1) is 47.6 Å². The molecule has 13 nitrogen and oxygen atoms in total. The summed E-state index contributed by atoms with van der Waals surface area (Å²) >= 11 is 0. The average Bonchev–Trinajstić information content (AvgIpc) is 3.52. The van der Waals surface area contributed by atoms with E-state index < -0.39 is 28.8 Å². The molecule has 2 atom stereocenters. The summed E-state index contributed by atoms with van der Waals surface area (Å²) in [6.45, 7) is 13.4. The molecule has 48 heavy (non-hydrogen) atoms. The van der Waals surface area contributed by atoms with Gasteiger partial charge in [0.25, 0.3) is 11.8 Å². The van der Waals surface area contributed by atoms with Crippen molar-refractivity contribution < 1.29 is 27.5 Å². The number of aromatic amines is 1. The summed E-state index contributed by atoms with van der Waals surface area (Å²) in [5.41, 5.74) is -0.243. The molecular weight excluding hydrogens is 631 g/mol. The number of rotatable bonds is 9. The van der Waals surface area contributed by atoms with Crippen molar-refractivity contribution in [2.24, 2.45) is 0 Å². The molecule has 0 spiro atoms. The Labute approximate surface area is 276 Å². The maximum Gasteiger partial charge on any atom is 0.417 e. The summed E-state index contributed by atoms with van der Waals surface area (Å²) in [4.78, 5) is 47.0. The van der Waals surface area contributed by atoms with Crippen molar-refractivity contribution >= 4 is 23.2 Å². The quantitative estimate of drug-likeness (QED) is 0.293.